The first-order valence-corrected chi connectivity index (χ1v) is 11.4. The smallest absolute Gasteiger partial charge is 0.271 e. The quantitative estimate of drug-likeness (QED) is 0.222. The average molecular weight is 462 g/mol. The maximum absolute atomic E-state index is 12.6. The van der Waals surface area contributed by atoms with E-state index in [9.17, 15) is 4.79 Å². The Morgan fingerprint density at radius 3 is 2.62 bits per heavy atom. The summed E-state index contributed by atoms with van der Waals surface area (Å²) in [6.45, 7) is 2.54. The van der Waals surface area contributed by atoms with Crippen molar-refractivity contribution in [3.05, 3.63) is 73.4 Å². The Labute approximate surface area is 185 Å². The number of aromatic amines is 1. The molecular weight excluding hydrogens is 446 g/mol. The molecule has 0 unspecified atom stereocenters. The van der Waals surface area contributed by atoms with Gasteiger partial charge in [0.2, 0.25) is 0 Å². The van der Waals surface area contributed by atoms with Crippen molar-refractivity contribution in [2.45, 2.75) is 17.8 Å². The van der Waals surface area contributed by atoms with Crippen LogP contribution in [0.2, 0.25) is 5.02 Å². The Morgan fingerprint density at radius 1 is 1.21 bits per heavy atom. The molecule has 0 aliphatic heterocycles. The van der Waals surface area contributed by atoms with E-state index < -0.39 is 0 Å². The first kappa shape index (κ1) is 20.2. The molecule has 4 aromatic rings. The van der Waals surface area contributed by atoms with Gasteiger partial charge in [-0.3, -0.25) is 9.36 Å². The van der Waals surface area contributed by atoms with Gasteiger partial charge in [-0.25, -0.2) is 4.98 Å². The molecule has 2 heterocycles. The van der Waals surface area contributed by atoms with Crippen molar-refractivity contribution in [2.75, 3.05) is 6.61 Å². The third-order valence-electron chi connectivity index (χ3n) is 4.12. The second kappa shape index (κ2) is 8.71. The fourth-order valence-corrected chi connectivity index (χ4v) is 4.99. The van der Waals surface area contributed by atoms with Crippen LogP contribution in [0.4, 0.5) is 0 Å². The van der Waals surface area contributed by atoms with E-state index in [1.54, 1.807) is 0 Å². The number of aromatic nitrogens is 3. The van der Waals surface area contributed by atoms with E-state index in [4.69, 9.17) is 28.6 Å². The van der Waals surface area contributed by atoms with Crippen LogP contribution in [0.25, 0.3) is 16.0 Å². The van der Waals surface area contributed by atoms with Crippen molar-refractivity contribution in [3.8, 4) is 11.4 Å². The predicted molar refractivity (Wildman–Crippen MR) is 123 cm³/mol. The number of rotatable bonds is 6. The molecule has 0 saturated carbocycles. The molecule has 5 nitrogen and oxygen atoms in total. The molecule has 0 spiro atoms. The van der Waals surface area contributed by atoms with Crippen LogP contribution in [0.5, 0.6) is 5.75 Å². The summed E-state index contributed by atoms with van der Waals surface area (Å²) in [5.41, 5.74) is 2.31. The molecule has 0 bridgehead atoms. The van der Waals surface area contributed by atoms with E-state index in [1.165, 1.54) is 23.1 Å². The Bertz CT molecular complexity index is 1260. The lowest BCUT2D eigenvalue weighted by molar-refractivity contribution is 0.340. The topological polar surface area (TPSA) is 59.9 Å². The van der Waals surface area contributed by atoms with Crippen LogP contribution in [0.15, 0.2) is 58.5 Å². The van der Waals surface area contributed by atoms with Gasteiger partial charge in [-0.1, -0.05) is 46.8 Å². The Kier molecular flexibility index (Phi) is 6.05. The van der Waals surface area contributed by atoms with Crippen LogP contribution in [-0.4, -0.2) is 21.1 Å². The molecule has 9 heteroatoms. The van der Waals surface area contributed by atoms with E-state index in [0.29, 0.717) is 36.8 Å². The zero-order valence-corrected chi connectivity index (χ0v) is 18.6. The van der Waals surface area contributed by atoms with E-state index >= 15 is 0 Å². The minimum Gasteiger partial charge on any atom is -0.494 e. The Morgan fingerprint density at radius 2 is 1.93 bits per heavy atom. The molecular formula is C20H16ClN3O2S3. The molecule has 1 N–H and O–H groups in total. The summed E-state index contributed by atoms with van der Waals surface area (Å²) in [5.74, 6) is 1.45. The maximum Gasteiger partial charge on any atom is 0.271 e. The van der Waals surface area contributed by atoms with Crippen molar-refractivity contribution in [1.82, 2.24) is 14.5 Å². The number of hydrogen-bond donors (Lipinski definition) is 1. The monoisotopic (exact) mass is 461 g/mol. The summed E-state index contributed by atoms with van der Waals surface area (Å²) in [6.07, 6.45) is 0. The first-order valence-electron chi connectivity index (χ1n) is 8.81. The minimum absolute atomic E-state index is 0.186. The van der Waals surface area contributed by atoms with Crippen molar-refractivity contribution in [3.63, 3.8) is 0 Å². The fraction of sp³-hybridized carbons (Fsp3) is 0.150. The second-order valence-electron chi connectivity index (χ2n) is 6.07. The molecule has 0 aliphatic rings. The number of thioether (sulfide) groups is 1. The summed E-state index contributed by atoms with van der Waals surface area (Å²) >= 11 is 14.2. The molecule has 4 rings (SSSR count). The number of nitrogens with zero attached hydrogens (tertiary/aromatic N) is 2. The highest BCUT2D eigenvalue weighted by Crippen LogP contribution is 2.27. The van der Waals surface area contributed by atoms with Gasteiger partial charge in [0, 0.05) is 16.5 Å². The third kappa shape index (κ3) is 4.40. The van der Waals surface area contributed by atoms with E-state index in [-0.39, 0.29) is 5.56 Å². The van der Waals surface area contributed by atoms with Gasteiger partial charge in [0.05, 0.1) is 6.61 Å². The van der Waals surface area contributed by atoms with E-state index in [0.717, 1.165) is 17.0 Å². The van der Waals surface area contributed by atoms with Gasteiger partial charge in [0.25, 0.3) is 5.56 Å². The van der Waals surface area contributed by atoms with Crippen LogP contribution in [0.3, 0.4) is 0 Å². The molecule has 29 heavy (non-hydrogen) atoms. The summed E-state index contributed by atoms with van der Waals surface area (Å²) in [6, 6.07) is 15.2. The van der Waals surface area contributed by atoms with Crippen molar-refractivity contribution < 1.29 is 4.74 Å². The van der Waals surface area contributed by atoms with Gasteiger partial charge in [-0.15, -0.1) is 0 Å². The summed E-state index contributed by atoms with van der Waals surface area (Å²) < 4.78 is 8.41. The average Bonchev–Trinajstić information content (AvgIpc) is 3.05. The van der Waals surface area contributed by atoms with Crippen LogP contribution in [-0.2, 0) is 5.75 Å². The van der Waals surface area contributed by atoms with Gasteiger partial charge in [-0.2, -0.15) is 0 Å². The molecule has 0 fully saturated rings. The number of thiazole rings is 1. The van der Waals surface area contributed by atoms with Gasteiger partial charge >= 0.3 is 0 Å². The lowest BCUT2D eigenvalue weighted by Gasteiger charge is -2.07. The summed E-state index contributed by atoms with van der Waals surface area (Å²) in [7, 11) is 0. The number of ether oxygens (including phenoxy) is 1. The largest absolute Gasteiger partial charge is 0.494 e. The lowest BCUT2D eigenvalue weighted by atomic mass is 10.2. The van der Waals surface area contributed by atoms with Crippen LogP contribution in [0.1, 0.15) is 12.5 Å². The summed E-state index contributed by atoms with van der Waals surface area (Å²) in [4.78, 5) is 20.1. The molecule has 0 radical (unpaired) electrons. The van der Waals surface area contributed by atoms with Gasteiger partial charge in [0.1, 0.15) is 10.4 Å². The number of hydrogen-bond acceptors (Lipinski definition) is 6. The van der Waals surface area contributed by atoms with Gasteiger partial charge < -0.3 is 9.72 Å². The highest BCUT2D eigenvalue weighted by Gasteiger charge is 2.14. The minimum atomic E-state index is -0.186. The SMILES string of the molecule is CCOc1ccc(-n2c(=S)sc3c(=O)[nH]c(SCc4ccc(Cl)cc4)nc32)cc1. The van der Waals surface area contributed by atoms with Crippen molar-refractivity contribution >= 4 is 57.3 Å². The van der Waals surface area contributed by atoms with Crippen LogP contribution in [0, 0.1) is 3.95 Å². The van der Waals surface area contributed by atoms with Gasteiger partial charge in [0.15, 0.2) is 14.8 Å². The lowest BCUT2D eigenvalue weighted by Crippen LogP contribution is -2.09. The van der Waals surface area contributed by atoms with E-state index in [2.05, 4.69) is 9.97 Å². The normalized spacial score (nSPS) is 11.1. The molecule has 0 atom stereocenters. The molecule has 0 amide bonds. The number of fused-ring (bicyclic) bond motifs is 1. The zero-order valence-electron chi connectivity index (χ0n) is 15.3. The molecule has 0 aliphatic carbocycles. The number of halogens is 1. The zero-order chi connectivity index (χ0) is 20.4. The Hall–Kier alpha value is -2.13. The maximum atomic E-state index is 12.6. The molecule has 2 aromatic carbocycles. The Balaban J connectivity index is 1.70. The molecule has 2 aromatic heterocycles. The molecule has 148 valence electrons. The standard InChI is InChI=1S/C20H16ClN3O2S3/c1-2-26-15-9-7-14(8-10-15)24-17-16(29-20(24)27)18(25)23-19(22-17)28-11-12-3-5-13(21)6-4-12/h3-10H,2,11H2,1H3,(H,22,23,25). The van der Waals surface area contributed by atoms with Crippen LogP contribution >= 0.6 is 46.9 Å². The number of benzene rings is 2. The first-order chi connectivity index (χ1) is 14.0. The second-order valence-corrected chi connectivity index (χ2v) is 9.11. The molecule has 0 saturated heterocycles. The van der Waals surface area contributed by atoms with Crippen molar-refractivity contribution in [1.29, 1.82) is 0 Å². The van der Waals surface area contributed by atoms with Gasteiger partial charge in [-0.05, 0) is 61.1 Å². The summed E-state index contributed by atoms with van der Waals surface area (Å²) in [5, 5.41) is 1.24. The highest BCUT2D eigenvalue weighted by molar-refractivity contribution is 7.98. The predicted octanol–water partition coefficient (Wildman–Crippen LogP) is 5.85. The number of nitrogens with one attached hydrogen (secondary N) is 1. The van der Waals surface area contributed by atoms with E-state index in [1.807, 2.05) is 60.0 Å². The highest BCUT2D eigenvalue weighted by atomic mass is 35.5. The fourth-order valence-electron chi connectivity index (χ4n) is 2.78. The van der Waals surface area contributed by atoms with Crippen molar-refractivity contribution in [2.24, 2.45) is 0 Å². The van der Waals surface area contributed by atoms with Crippen LogP contribution < -0.4 is 10.3 Å². The third-order valence-corrected chi connectivity index (χ3v) is 6.67. The number of H-pyrrole nitrogens is 1.